The Bertz CT molecular complexity index is 706. The number of nitrogens with zero attached hydrogens (tertiary/aromatic N) is 1. The van der Waals surface area contributed by atoms with Crippen LogP contribution in [0.3, 0.4) is 0 Å². The van der Waals surface area contributed by atoms with Gasteiger partial charge >= 0.3 is 0 Å². The number of guanidine groups is 1. The summed E-state index contributed by atoms with van der Waals surface area (Å²) >= 11 is 0. The highest BCUT2D eigenvalue weighted by Gasteiger charge is 2.14. The number of rotatable bonds is 5. The highest BCUT2D eigenvalue weighted by molar-refractivity contribution is 5.92. The molecule has 0 radical (unpaired) electrons. The Kier molecular flexibility index (Phi) is 5.68. The number of methoxy groups -OCH3 is 1. The number of benzene rings is 2. The largest absolute Gasteiger partial charge is 0.497 e. The number of hydrogen-bond acceptors (Lipinski definition) is 3. The van der Waals surface area contributed by atoms with Crippen molar-refractivity contribution < 1.29 is 9.47 Å². The molecule has 2 aromatic rings. The lowest BCUT2D eigenvalue weighted by Crippen LogP contribution is -2.24. The molecule has 0 spiro atoms. The first kappa shape index (κ1) is 17.7. The van der Waals surface area contributed by atoms with Gasteiger partial charge in [-0.05, 0) is 39.0 Å². The van der Waals surface area contributed by atoms with E-state index in [0.29, 0.717) is 12.5 Å². The Morgan fingerprint density at radius 3 is 2.58 bits per heavy atom. The number of nitrogens with one attached hydrogen (secondary N) is 1. The lowest BCUT2D eigenvalue weighted by atomic mass is 10.1. The highest BCUT2D eigenvalue weighted by atomic mass is 16.5. The van der Waals surface area contributed by atoms with Crippen molar-refractivity contribution in [3.05, 3.63) is 54.1 Å². The third kappa shape index (κ3) is 5.50. The maximum atomic E-state index is 5.98. The van der Waals surface area contributed by atoms with Gasteiger partial charge in [0.2, 0.25) is 0 Å². The summed E-state index contributed by atoms with van der Waals surface area (Å²) in [6.07, 6.45) is 0. The van der Waals surface area contributed by atoms with Gasteiger partial charge in [0.05, 0.1) is 13.7 Å². The monoisotopic (exact) mass is 327 g/mol. The minimum atomic E-state index is -0.260. The fourth-order valence-electron chi connectivity index (χ4n) is 2.12. The predicted molar refractivity (Wildman–Crippen MR) is 98.8 cm³/mol. The molecule has 3 N–H and O–H groups in total. The van der Waals surface area contributed by atoms with Gasteiger partial charge in [0.1, 0.15) is 17.1 Å². The highest BCUT2D eigenvalue weighted by Crippen LogP contribution is 2.23. The molecule has 0 aliphatic rings. The molecule has 5 nitrogen and oxygen atoms in total. The third-order valence-electron chi connectivity index (χ3n) is 3.15. The average Bonchev–Trinajstić information content (AvgIpc) is 2.53. The molecule has 0 aliphatic heterocycles. The van der Waals surface area contributed by atoms with Gasteiger partial charge in [-0.1, -0.05) is 24.3 Å². The number of para-hydroxylation sites is 1. The van der Waals surface area contributed by atoms with E-state index in [-0.39, 0.29) is 5.60 Å². The van der Waals surface area contributed by atoms with Crippen LogP contribution in [-0.4, -0.2) is 18.7 Å². The van der Waals surface area contributed by atoms with E-state index in [1.54, 1.807) is 7.11 Å². The van der Waals surface area contributed by atoms with Gasteiger partial charge in [-0.2, -0.15) is 0 Å². The molecule has 2 aromatic carbocycles. The zero-order valence-corrected chi connectivity index (χ0v) is 14.7. The van der Waals surface area contributed by atoms with Crippen molar-refractivity contribution in [2.45, 2.75) is 32.9 Å². The van der Waals surface area contributed by atoms with Crippen molar-refractivity contribution in [1.82, 2.24) is 0 Å². The summed E-state index contributed by atoms with van der Waals surface area (Å²) < 4.78 is 11.2. The van der Waals surface area contributed by atoms with E-state index in [0.717, 1.165) is 22.7 Å². The van der Waals surface area contributed by atoms with Crippen LogP contribution in [0.25, 0.3) is 0 Å². The zero-order valence-electron chi connectivity index (χ0n) is 14.7. The Hall–Kier alpha value is -2.69. The smallest absolute Gasteiger partial charge is 0.193 e. The second-order valence-corrected chi connectivity index (χ2v) is 6.38. The van der Waals surface area contributed by atoms with Crippen LogP contribution in [0.1, 0.15) is 26.3 Å². The van der Waals surface area contributed by atoms with E-state index in [9.17, 15) is 0 Å². The molecule has 128 valence electrons. The zero-order chi connectivity index (χ0) is 17.6. The average molecular weight is 327 g/mol. The van der Waals surface area contributed by atoms with Gasteiger partial charge in [0, 0.05) is 17.3 Å². The maximum absolute atomic E-state index is 5.98. The van der Waals surface area contributed by atoms with Crippen LogP contribution < -0.4 is 20.5 Å². The van der Waals surface area contributed by atoms with E-state index in [1.165, 1.54) is 0 Å². The van der Waals surface area contributed by atoms with E-state index in [2.05, 4.69) is 10.3 Å². The fourth-order valence-corrected chi connectivity index (χ4v) is 2.12. The number of ether oxygens (including phenoxy) is 2. The summed E-state index contributed by atoms with van der Waals surface area (Å²) in [6, 6.07) is 15.4. The van der Waals surface area contributed by atoms with Gasteiger partial charge in [-0.25, -0.2) is 4.99 Å². The van der Waals surface area contributed by atoms with Gasteiger partial charge < -0.3 is 20.5 Å². The molecular formula is C19H25N3O2. The van der Waals surface area contributed by atoms with Crippen molar-refractivity contribution in [2.75, 3.05) is 12.4 Å². The molecule has 0 aliphatic carbocycles. The Morgan fingerprint density at radius 2 is 1.88 bits per heavy atom. The van der Waals surface area contributed by atoms with Crippen LogP contribution in [0.5, 0.6) is 11.5 Å². The molecule has 0 heterocycles. The van der Waals surface area contributed by atoms with Crippen LogP contribution in [0, 0.1) is 0 Å². The minimum Gasteiger partial charge on any atom is -0.497 e. The van der Waals surface area contributed by atoms with Crippen molar-refractivity contribution in [2.24, 2.45) is 10.7 Å². The molecule has 0 aromatic heterocycles. The van der Waals surface area contributed by atoms with Crippen LogP contribution in [-0.2, 0) is 6.54 Å². The van der Waals surface area contributed by atoms with Gasteiger partial charge in [-0.15, -0.1) is 0 Å². The SMILES string of the molecule is COc1cccc(NC(N)=NCc2ccccc2OC(C)(C)C)c1. The standard InChI is InChI=1S/C19H25N3O2/c1-19(2,3)24-17-11-6-5-8-14(17)13-21-18(20)22-15-9-7-10-16(12-15)23-4/h5-12H,13H2,1-4H3,(H3,20,21,22). The molecule has 0 unspecified atom stereocenters. The van der Waals surface area contributed by atoms with Crippen molar-refractivity contribution in [1.29, 1.82) is 0 Å². The quantitative estimate of drug-likeness (QED) is 0.647. The molecule has 0 saturated heterocycles. The summed E-state index contributed by atoms with van der Waals surface area (Å²) in [7, 11) is 1.63. The van der Waals surface area contributed by atoms with Crippen LogP contribution in [0.4, 0.5) is 5.69 Å². The second kappa shape index (κ2) is 7.73. The molecule has 0 saturated carbocycles. The summed E-state index contributed by atoms with van der Waals surface area (Å²) in [5.74, 6) is 1.92. The Morgan fingerprint density at radius 1 is 1.12 bits per heavy atom. The topological polar surface area (TPSA) is 68.9 Å². The van der Waals surface area contributed by atoms with Crippen LogP contribution in [0.2, 0.25) is 0 Å². The molecule has 24 heavy (non-hydrogen) atoms. The number of aliphatic imine (C=N–C) groups is 1. The second-order valence-electron chi connectivity index (χ2n) is 6.38. The molecular weight excluding hydrogens is 302 g/mol. The van der Waals surface area contributed by atoms with Gasteiger partial charge in [-0.3, -0.25) is 0 Å². The number of anilines is 1. The van der Waals surface area contributed by atoms with E-state index in [4.69, 9.17) is 15.2 Å². The van der Waals surface area contributed by atoms with E-state index >= 15 is 0 Å². The Labute approximate surface area is 143 Å². The summed E-state index contributed by atoms with van der Waals surface area (Å²) in [6.45, 7) is 6.50. The predicted octanol–water partition coefficient (Wildman–Crippen LogP) is 3.80. The normalized spacial score (nSPS) is 11.9. The lowest BCUT2D eigenvalue weighted by molar-refractivity contribution is 0.129. The molecule has 2 rings (SSSR count). The molecule has 0 amide bonds. The first-order valence-electron chi connectivity index (χ1n) is 7.85. The third-order valence-corrected chi connectivity index (χ3v) is 3.15. The van der Waals surface area contributed by atoms with E-state index < -0.39 is 0 Å². The van der Waals surface area contributed by atoms with Gasteiger partial charge in [0.25, 0.3) is 0 Å². The molecule has 0 bridgehead atoms. The molecule has 5 heteroatoms. The first-order chi connectivity index (χ1) is 11.4. The van der Waals surface area contributed by atoms with Crippen molar-refractivity contribution in [3.63, 3.8) is 0 Å². The fraction of sp³-hybridized carbons (Fsp3) is 0.316. The minimum absolute atomic E-state index is 0.260. The number of hydrogen-bond donors (Lipinski definition) is 2. The number of nitrogens with two attached hydrogens (primary N) is 1. The van der Waals surface area contributed by atoms with Crippen molar-refractivity contribution >= 4 is 11.6 Å². The van der Waals surface area contributed by atoms with Crippen LogP contribution >= 0.6 is 0 Å². The van der Waals surface area contributed by atoms with E-state index in [1.807, 2.05) is 69.3 Å². The lowest BCUT2D eigenvalue weighted by Gasteiger charge is -2.23. The van der Waals surface area contributed by atoms with Gasteiger partial charge in [0.15, 0.2) is 5.96 Å². The molecule has 0 fully saturated rings. The Balaban J connectivity index is 2.07. The first-order valence-corrected chi connectivity index (χ1v) is 7.85. The maximum Gasteiger partial charge on any atom is 0.193 e. The summed E-state index contributed by atoms with van der Waals surface area (Å²) in [5.41, 5.74) is 7.54. The van der Waals surface area contributed by atoms with Crippen LogP contribution in [0.15, 0.2) is 53.5 Å². The van der Waals surface area contributed by atoms with Crippen molar-refractivity contribution in [3.8, 4) is 11.5 Å². The summed E-state index contributed by atoms with van der Waals surface area (Å²) in [5, 5.41) is 3.06. The summed E-state index contributed by atoms with van der Waals surface area (Å²) in [4.78, 5) is 4.40. The molecule has 0 atom stereocenters.